The van der Waals surface area contributed by atoms with Gasteiger partial charge < -0.3 is 4.90 Å². The second-order valence-corrected chi connectivity index (χ2v) is 2.38. The van der Waals surface area contributed by atoms with E-state index >= 15 is 0 Å². The van der Waals surface area contributed by atoms with Crippen LogP contribution >= 0.6 is 8.86 Å². The molecule has 10 heavy (non-hydrogen) atoms. The van der Waals surface area contributed by atoms with Crippen molar-refractivity contribution in [2.45, 2.75) is 19.9 Å². The van der Waals surface area contributed by atoms with Crippen LogP contribution in [0.25, 0.3) is 0 Å². The van der Waals surface area contributed by atoms with E-state index in [1.54, 1.807) is 12.3 Å². The molecule has 0 aliphatic rings. The Balaban J connectivity index is 3.94. The van der Waals surface area contributed by atoms with Crippen molar-refractivity contribution in [3.8, 4) is 0 Å². The van der Waals surface area contributed by atoms with Gasteiger partial charge in [-0.3, -0.25) is 0 Å². The van der Waals surface area contributed by atoms with E-state index in [2.05, 4.69) is 34.3 Å². The maximum Gasteiger partial charge on any atom is 0.0949 e. The van der Waals surface area contributed by atoms with E-state index in [0.717, 1.165) is 0 Å². The molecule has 0 N–H and O–H groups in total. The molecule has 0 heterocycles. The minimum atomic E-state index is 0.418. The van der Waals surface area contributed by atoms with Crippen LogP contribution < -0.4 is 0 Å². The molecular formula is C7H13N2P. The minimum Gasteiger partial charge on any atom is -0.333 e. The Morgan fingerprint density at radius 3 is 2.50 bits per heavy atom. The number of hydrogen-bond acceptors (Lipinski definition) is 1. The Kier molecular flexibility index (Phi) is 4.87. The third-order valence-corrected chi connectivity index (χ3v) is 1.35. The van der Waals surface area contributed by atoms with Crippen LogP contribution in [0.3, 0.4) is 0 Å². The summed E-state index contributed by atoms with van der Waals surface area (Å²) in [5.74, 6) is 1.79. The Labute approximate surface area is 64.5 Å². The third-order valence-electron chi connectivity index (χ3n) is 1.05. The lowest BCUT2D eigenvalue weighted by atomic mass is 10.4. The van der Waals surface area contributed by atoms with E-state index in [1.165, 1.54) is 6.20 Å². The molecule has 0 aromatic carbocycles. The second-order valence-electron chi connectivity index (χ2n) is 2.12. The van der Waals surface area contributed by atoms with Crippen molar-refractivity contribution < 1.29 is 0 Å². The molecule has 0 aromatic heterocycles. The number of aliphatic imine (C=N–C) groups is 1. The molecule has 0 aliphatic carbocycles. The zero-order valence-electron chi connectivity index (χ0n) is 6.41. The molecule has 0 atom stereocenters. The predicted octanol–water partition coefficient (Wildman–Crippen LogP) is 1.77. The van der Waals surface area contributed by atoms with Gasteiger partial charge in [-0.15, -0.1) is 8.86 Å². The zero-order valence-corrected chi connectivity index (χ0v) is 7.41. The van der Waals surface area contributed by atoms with Gasteiger partial charge in [0.2, 0.25) is 0 Å². The van der Waals surface area contributed by atoms with E-state index in [1.807, 2.05) is 4.90 Å². The summed E-state index contributed by atoms with van der Waals surface area (Å²) < 4.78 is 0. The Morgan fingerprint density at radius 2 is 2.20 bits per heavy atom. The first-order valence-corrected chi connectivity index (χ1v) is 3.72. The van der Waals surface area contributed by atoms with Gasteiger partial charge in [-0.05, 0) is 13.8 Å². The topological polar surface area (TPSA) is 15.6 Å². The fourth-order valence-electron chi connectivity index (χ4n) is 0.440. The van der Waals surface area contributed by atoms with Crippen LogP contribution in [0.5, 0.6) is 0 Å². The largest absolute Gasteiger partial charge is 0.333 e. The lowest BCUT2D eigenvalue weighted by Gasteiger charge is -2.17. The van der Waals surface area contributed by atoms with Crippen LogP contribution in [0, 0.1) is 0 Å². The summed E-state index contributed by atoms with van der Waals surface area (Å²) in [6.45, 7) is 7.62. The Morgan fingerprint density at radius 1 is 1.60 bits per heavy atom. The molecule has 0 unspecified atom stereocenters. The van der Waals surface area contributed by atoms with E-state index in [0.29, 0.717) is 6.04 Å². The van der Waals surface area contributed by atoms with Crippen LogP contribution in [0.15, 0.2) is 17.8 Å². The molecule has 0 bridgehead atoms. The van der Waals surface area contributed by atoms with Crippen LogP contribution in [0.4, 0.5) is 0 Å². The van der Waals surface area contributed by atoms with Gasteiger partial charge in [-0.25, -0.2) is 4.99 Å². The molecule has 0 saturated carbocycles. The number of rotatable bonds is 4. The molecule has 2 nitrogen and oxygen atoms in total. The molecule has 0 spiro atoms. The molecular weight excluding hydrogens is 143 g/mol. The van der Waals surface area contributed by atoms with Crippen LogP contribution in [-0.4, -0.2) is 23.2 Å². The predicted molar refractivity (Wildman–Crippen MR) is 50.0 cm³/mol. The second kappa shape index (κ2) is 5.19. The standard InChI is InChI=1S/C7H13N2P/c1-4-8-5-9(6-10)7(2)3/h4-7,10H,1H2,2-3H3/b8-5-. The van der Waals surface area contributed by atoms with Crippen LogP contribution in [0.1, 0.15) is 13.8 Å². The Bertz CT molecular complexity index is 141. The molecule has 0 amide bonds. The van der Waals surface area contributed by atoms with Gasteiger partial charge in [0.15, 0.2) is 0 Å². The quantitative estimate of drug-likeness (QED) is 0.344. The summed E-state index contributed by atoms with van der Waals surface area (Å²) in [5.41, 5.74) is 0. The summed E-state index contributed by atoms with van der Waals surface area (Å²) in [7, 11) is 3.27. The summed E-state index contributed by atoms with van der Waals surface area (Å²) in [6, 6.07) is 0.418. The van der Waals surface area contributed by atoms with Crippen molar-refractivity contribution in [3.63, 3.8) is 0 Å². The first kappa shape index (κ1) is 9.38. The van der Waals surface area contributed by atoms with Gasteiger partial charge in [0.05, 0.1) is 6.34 Å². The van der Waals surface area contributed by atoms with Crippen LogP contribution in [-0.2, 0) is 0 Å². The number of hydrogen-bond donors (Lipinski definition) is 0. The SMILES string of the molecule is C=C/N=C\N(C=P)C(C)C. The molecule has 3 heteroatoms. The summed E-state index contributed by atoms with van der Waals surface area (Å²) in [6.07, 6.45) is 3.22. The van der Waals surface area contributed by atoms with Gasteiger partial charge in [-0.2, -0.15) is 0 Å². The van der Waals surface area contributed by atoms with Crippen molar-refractivity contribution in [3.05, 3.63) is 12.8 Å². The molecule has 0 aromatic rings. The zero-order chi connectivity index (χ0) is 7.98. The molecule has 0 fully saturated rings. The third kappa shape index (κ3) is 3.41. The average molecular weight is 156 g/mol. The van der Waals surface area contributed by atoms with Crippen LogP contribution in [0.2, 0.25) is 0 Å². The van der Waals surface area contributed by atoms with Crippen molar-refractivity contribution in [2.24, 2.45) is 4.99 Å². The lowest BCUT2D eigenvalue weighted by Crippen LogP contribution is -2.26. The first-order valence-electron chi connectivity index (χ1n) is 3.14. The minimum absolute atomic E-state index is 0.418. The molecule has 0 rings (SSSR count). The monoisotopic (exact) mass is 156 g/mol. The summed E-state index contributed by atoms with van der Waals surface area (Å²) in [4.78, 5) is 5.80. The van der Waals surface area contributed by atoms with Gasteiger partial charge >= 0.3 is 0 Å². The first-order chi connectivity index (χ1) is 4.72. The van der Waals surface area contributed by atoms with E-state index in [9.17, 15) is 0 Å². The maximum atomic E-state index is 3.87. The highest BCUT2D eigenvalue weighted by Crippen LogP contribution is 1.90. The van der Waals surface area contributed by atoms with Gasteiger partial charge in [0.1, 0.15) is 0 Å². The van der Waals surface area contributed by atoms with Crippen molar-refractivity contribution in [1.29, 1.82) is 0 Å². The van der Waals surface area contributed by atoms with Gasteiger partial charge in [0, 0.05) is 18.2 Å². The smallest absolute Gasteiger partial charge is 0.0949 e. The van der Waals surface area contributed by atoms with E-state index in [4.69, 9.17) is 0 Å². The fourth-order valence-corrected chi connectivity index (χ4v) is 0.805. The molecule has 0 saturated heterocycles. The lowest BCUT2D eigenvalue weighted by molar-refractivity contribution is 0.530. The fraction of sp³-hybridized carbons (Fsp3) is 0.429. The van der Waals surface area contributed by atoms with E-state index < -0.39 is 0 Å². The van der Waals surface area contributed by atoms with Crippen molar-refractivity contribution >= 4 is 21.1 Å². The number of nitrogens with zero attached hydrogens (tertiary/aromatic N) is 2. The highest BCUT2D eigenvalue weighted by molar-refractivity contribution is 7.18. The molecule has 56 valence electrons. The van der Waals surface area contributed by atoms with Crippen molar-refractivity contribution in [1.82, 2.24) is 4.90 Å². The van der Waals surface area contributed by atoms with E-state index in [-0.39, 0.29) is 0 Å². The Hall–Kier alpha value is -0.620. The summed E-state index contributed by atoms with van der Waals surface area (Å²) in [5, 5.41) is 0. The van der Waals surface area contributed by atoms with Gasteiger partial charge in [-0.1, -0.05) is 6.58 Å². The average Bonchev–Trinajstić information content (AvgIpc) is 1.89. The summed E-state index contributed by atoms with van der Waals surface area (Å²) >= 11 is 0. The highest BCUT2D eigenvalue weighted by atomic mass is 31.0. The molecule has 0 aliphatic heterocycles. The maximum absolute atomic E-state index is 3.87. The van der Waals surface area contributed by atoms with Crippen molar-refractivity contribution in [2.75, 3.05) is 0 Å². The van der Waals surface area contributed by atoms with Gasteiger partial charge in [0.25, 0.3) is 0 Å². The normalized spacial score (nSPS) is 10.3. The molecule has 0 radical (unpaired) electrons. The highest BCUT2D eigenvalue weighted by Gasteiger charge is 1.97.